The van der Waals surface area contributed by atoms with Crippen LogP contribution in [0, 0.1) is 0 Å². The van der Waals surface area contributed by atoms with E-state index in [4.69, 9.17) is 23.2 Å². The summed E-state index contributed by atoms with van der Waals surface area (Å²) < 4.78 is 66.4. The molecule has 2 aliphatic heterocycles. The zero-order valence-electron chi connectivity index (χ0n) is 27.6. The number of halogens is 2. The van der Waals surface area contributed by atoms with Crippen molar-refractivity contribution in [2.45, 2.75) is 9.79 Å². The molecule has 0 saturated carbocycles. The van der Waals surface area contributed by atoms with Gasteiger partial charge in [0.25, 0.3) is 11.8 Å². The molecule has 2 amide bonds. The number of hydrogen-bond acceptors (Lipinski definition) is 10. The molecule has 2 aromatic heterocycles. The number of nitrogens with one attached hydrogen (secondary N) is 2. The zero-order chi connectivity index (χ0) is 38.7. The molecule has 0 spiro atoms. The van der Waals surface area contributed by atoms with Crippen LogP contribution in [0.3, 0.4) is 0 Å². The third-order valence-electron chi connectivity index (χ3n) is 8.39. The maximum Gasteiger partial charge on any atom is 2.00 e. The predicted octanol–water partition coefficient (Wildman–Crippen LogP) is 5.49. The van der Waals surface area contributed by atoms with Crippen LogP contribution in [0.4, 0.5) is 0 Å². The summed E-state index contributed by atoms with van der Waals surface area (Å²) in [5.41, 5.74) is 4.15. The van der Waals surface area contributed by atoms with Crippen LogP contribution in [-0.4, -0.2) is 107 Å². The summed E-state index contributed by atoms with van der Waals surface area (Å²) in [5, 5.41) is 21.7. The SMILES string of the molecule is O=C1N=C(c2ccc(S(=O)(=O)[O-])cc2)c2c(O)[nH]c(-c3ccc(Cl)cc3)c21.O=C1N=C(c2ccc(S(=O)(=O)[O-])cc2)c2c(O)[nH]c(-c3ccc(Cl)cc3)c21.[Ca+2]. The van der Waals surface area contributed by atoms with Gasteiger partial charge in [0.15, 0.2) is 11.8 Å². The van der Waals surface area contributed by atoms with E-state index in [0.29, 0.717) is 43.7 Å². The topological polar surface area (TPSA) is 245 Å². The maximum atomic E-state index is 12.5. The Bertz CT molecular complexity index is 2620. The van der Waals surface area contributed by atoms with Crippen molar-refractivity contribution in [1.82, 2.24) is 9.97 Å². The van der Waals surface area contributed by atoms with E-state index in [1.54, 1.807) is 48.5 Å². The van der Waals surface area contributed by atoms with E-state index in [9.17, 15) is 45.7 Å². The number of amides is 2. The summed E-state index contributed by atoms with van der Waals surface area (Å²) in [6.45, 7) is 0. The smallest absolute Gasteiger partial charge is 0.744 e. The first-order valence-corrected chi connectivity index (χ1v) is 18.9. The molecule has 6 aromatic rings. The third-order valence-corrected chi connectivity index (χ3v) is 10.6. The molecule has 272 valence electrons. The second-order valence-corrected chi connectivity index (χ2v) is 15.3. The van der Waals surface area contributed by atoms with Gasteiger partial charge in [0.1, 0.15) is 20.2 Å². The van der Waals surface area contributed by atoms with Gasteiger partial charge in [-0.2, -0.15) is 0 Å². The van der Waals surface area contributed by atoms with E-state index in [1.807, 2.05) is 0 Å². The summed E-state index contributed by atoms with van der Waals surface area (Å²) in [7, 11) is -9.16. The Morgan fingerprint density at radius 2 is 0.782 bits per heavy atom. The first-order chi connectivity index (χ1) is 25.5. The fourth-order valence-electron chi connectivity index (χ4n) is 5.93. The molecule has 4 heterocycles. The van der Waals surface area contributed by atoms with Crippen molar-refractivity contribution in [2.75, 3.05) is 0 Å². The van der Waals surface area contributed by atoms with Gasteiger partial charge in [-0.15, -0.1) is 0 Å². The molecule has 2 aliphatic rings. The summed E-state index contributed by atoms with van der Waals surface area (Å²) >= 11 is 11.8. The standard InChI is InChI=1S/2C18H11ClN2O5S.Ca/c2*19-11-5-1-9(2-6-11)15-13-14(18(23)20-15)16(21-17(13)22)10-3-7-12(8-4-10)27(24,25)26;/h2*1-8,20,23H,(H,24,25,26);/q;;+2/p-2. The van der Waals surface area contributed by atoms with Crippen molar-refractivity contribution in [2.24, 2.45) is 9.98 Å². The van der Waals surface area contributed by atoms with E-state index in [2.05, 4.69) is 20.0 Å². The molecule has 0 atom stereocenters. The molecule has 0 fully saturated rings. The van der Waals surface area contributed by atoms with Crippen LogP contribution in [0.25, 0.3) is 22.5 Å². The zero-order valence-corrected chi connectivity index (χ0v) is 32.9. The molecule has 4 aromatic carbocycles. The van der Waals surface area contributed by atoms with Gasteiger partial charge < -0.3 is 29.3 Å². The number of fused-ring (bicyclic) bond motifs is 2. The van der Waals surface area contributed by atoms with Gasteiger partial charge in [-0.3, -0.25) is 9.59 Å². The fraction of sp³-hybridized carbons (Fsp3) is 0. The minimum atomic E-state index is -4.58. The Balaban J connectivity index is 0.000000184. The maximum absolute atomic E-state index is 12.5. The first kappa shape index (κ1) is 40.1. The van der Waals surface area contributed by atoms with Gasteiger partial charge in [-0.05, 0) is 59.7 Å². The molecule has 0 saturated heterocycles. The number of rotatable bonds is 6. The number of aromatic hydroxyl groups is 2. The van der Waals surface area contributed by atoms with Gasteiger partial charge in [0, 0.05) is 21.2 Å². The molecule has 0 radical (unpaired) electrons. The van der Waals surface area contributed by atoms with Gasteiger partial charge in [0.05, 0.1) is 54.9 Å². The summed E-state index contributed by atoms with van der Waals surface area (Å²) in [6.07, 6.45) is 0. The number of aromatic nitrogens is 2. The van der Waals surface area contributed by atoms with Gasteiger partial charge in [0.2, 0.25) is 0 Å². The number of H-pyrrole nitrogens is 2. The number of nitrogens with zero attached hydrogens (tertiary/aromatic N) is 2. The largest absolute Gasteiger partial charge is 2.00 e. The summed E-state index contributed by atoms with van der Waals surface area (Å²) in [4.78, 5) is 37.7. The van der Waals surface area contributed by atoms with Crippen LogP contribution in [0.1, 0.15) is 43.0 Å². The Morgan fingerprint density at radius 3 is 1.07 bits per heavy atom. The van der Waals surface area contributed by atoms with Crippen molar-refractivity contribution in [3.8, 4) is 34.3 Å². The summed E-state index contributed by atoms with van der Waals surface area (Å²) in [6, 6.07) is 23.4. The number of carbonyl (C=O) groups excluding carboxylic acids is 2. The van der Waals surface area contributed by atoms with Crippen molar-refractivity contribution in [1.29, 1.82) is 0 Å². The first-order valence-electron chi connectivity index (χ1n) is 15.3. The molecular weight excluding hydrogens is 824 g/mol. The van der Waals surface area contributed by atoms with E-state index in [-0.39, 0.29) is 83.2 Å². The minimum absolute atomic E-state index is 0. The van der Waals surface area contributed by atoms with E-state index >= 15 is 0 Å². The van der Waals surface area contributed by atoms with Crippen LogP contribution >= 0.6 is 23.2 Å². The monoisotopic (exact) mass is 842 g/mol. The van der Waals surface area contributed by atoms with Gasteiger partial charge in [-0.25, -0.2) is 26.8 Å². The Kier molecular flexibility index (Phi) is 11.0. The van der Waals surface area contributed by atoms with Crippen molar-refractivity contribution >= 4 is 104 Å². The van der Waals surface area contributed by atoms with Gasteiger partial charge in [-0.1, -0.05) is 71.7 Å². The van der Waals surface area contributed by atoms with Crippen LogP contribution < -0.4 is 0 Å². The van der Waals surface area contributed by atoms with E-state index in [1.165, 1.54) is 24.3 Å². The molecular formula is C36H20CaCl2N4O10S2. The Morgan fingerprint density at radius 1 is 0.491 bits per heavy atom. The number of benzene rings is 4. The van der Waals surface area contributed by atoms with E-state index in [0.717, 1.165) is 24.3 Å². The van der Waals surface area contributed by atoms with Crippen molar-refractivity contribution < 1.29 is 45.7 Å². The second-order valence-electron chi connectivity index (χ2n) is 11.7. The van der Waals surface area contributed by atoms with Gasteiger partial charge >= 0.3 is 37.7 Å². The fourth-order valence-corrected chi connectivity index (χ4v) is 7.12. The number of carbonyl (C=O) groups is 2. The normalized spacial score (nSPS) is 13.3. The summed E-state index contributed by atoms with van der Waals surface area (Å²) in [5.74, 6) is -1.55. The molecule has 0 unspecified atom stereocenters. The second kappa shape index (κ2) is 15.1. The van der Waals surface area contributed by atoms with Crippen LogP contribution in [-0.2, 0) is 20.2 Å². The number of aliphatic imine (C=N–C) groups is 2. The molecule has 19 heteroatoms. The van der Waals surface area contributed by atoms with Crippen molar-refractivity contribution in [3.05, 3.63) is 140 Å². The predicted molar refractivity (Wildman–Crippen MR) is 200 cm³/mol. The van der Waals surface area contributed by atoms with Crippen LogP contribution in [0.5, 0.6) is 11.8 Å². The number of hydrogen-bond donors (Lipinski definition) is 4. The molecule has 4 N–H and O–H groups in total. The molecule has 8 rings (SSSR count). The molecule has 0 aliphatic carbocycles. The van der Waals surface area contributed by atoms with Crippen molar-refractivity contribution in [3.63, 3.8) is 0 Å². The third kappa shape index (κ3) is 7.78. The van der Waals surface area contributed by atoms with Crippen LogP contribution in [0.2, 0.25) is 10.0 Å². The number of aromatic amines is 2. The minimum Gasteiger partial charge on any atom is -0.744 e. The average Bonchev–Trinajstić information content (AvgIpc) is 3.87. The van der Waals surface area contributed by atoms with Crippen LogP contribution in [0.15, 0.2) is 117 Å². The Labute approximate surface area is 351 Å². The quantitative estimate of drug-likeness (QED) is 0.121. The molecule has 0 bridgehead atoms. The molecule has 14 nitrogen and oxygen atoms in total. The molecule has 55 heavy (non-hydrogen) atoms. The Hall–Kier alpha value is -4.62. The van der Waals surface area contributed by atoms with E-state index < -0.39 is 41.8 Å². The average molecular weight is 844 g/mol.